The van der Waals surface area contributed by atoms with E-state index < -0.39 is 0 Å². The first-order chi connectivity index (χ1) is 9.25. The molecule has 0 aromatic heterocycles. The Kier molecular flexibility index (Phi) is 4.45. The van der Waals surface area contributed by atoms with Crippen molar-refractivity contribution in [3.8, 4) is 0 Å². The van der Waals surface area contributed by atoms with Crippen molar-refractivity contribution in [2.45, 2.75) is 69.4 Å². The molecule has 3 nitrogen and oxygen atoms in total. The van der Waals surface area contributed by atoms with E-state index >= 15 is 0 Å². The van der Waals surface area contributed by atoms with Crippen molar-refractivity contribution in [3.63, 3.8) is 0 Å². The van der Waals surface area contributed by atoms with Crippen molar-refractivity contribution in [2.75, 3.05) is 26.2 Å². The monoisotopic (exact) mass is 266 g/mol. The van der Waals surface area contributed by atoms with Crippen LogP contribution in [-0.4, -0.2) is 47.8 Å². The Morgan fingerprint density at radius 3 is 2.37 bits per heavy atom. The summed E-state index contributed by atoms with van der Waals surface area (Å²) in [5.74, 6) is 0.889. The van der Waals surface area contributed by atoms with Gasteiger partial charge in [0.15, 0.2) is 0 Å². The summed E-state index contributed by atoms with van der Waals surface area (Å²) in [6, 6.07) is 0.792. The zero-order chi connectivity index (χ0) is 13.1. The van der Waals surface area contributed by atoms with Crippen LogP contribution < -0.4 is 5.32 Å². The molecule has 0 aromatic carbocycles. The molecule has 3 heteroatoms. The predicted molar refractivity (Wildman–Crippen MR) is 78.2 cm³/mol. The highest BCUT2D eigenvalue weighted by molar-refractivity contribution is 4.90. The highest BCUT2D eigenvalue weighted by Gasteiger charge is 2.34. The number of nitrogens with zero attached hydrogens (tertiary/aromatic N) is 1. The van der Waals surface area contributed by atoms with Crippen LogP contribution in [0.25, 0.3) is 0 Å². The summed E-state index contributed by atoms with van der Waals surface area (Å²) in [4.78, 5) is 2.52. The maximum Gasteiger partial charge on any atom is 0.0774 e. The minimum atomic E-state index is -0.364. The van der Waals surface area contributed by atoms with Crippen molar-refractivity contribution in [3.05, 3.63) is 0 Å². The number of hydrogen-bond donors (Lipinski definition) is 2. The zero-order valence-corrected chi connectivity index (χ0v) is 12.2. The first-order valence-corrected chi connectivity index (χ1v) is 8.43. The van der Waals surface area contributed by atoms with Crippen molar-refractivity contribution >= 4 is 0 Å². The number of aliphatic hydroxyl groups is 1. The Morgan fingerprint density at radius 2 is 1.74 bits per heavy atom. The lowest BCUT2D eigenvalue weighted by Gasteiger charge is -2.41. The summed E-state index contributed by atoms with van der Waals surface area (Å²) in [5, 5.41) is 14.3. The van der Waals surface area contributed by atoms with Gasteiger partial charge in [-0.1, -0.05) is 19.3 Å². The Balaban J connectivity index is 1.44. The van der Waals surface area contributed by atoms with E-state index in [9.17, 15) is 5.11 Å². The van der Waals surface area contributed by atoms with Gasteiger partial charge in [-0.05, 0) is 64.1 Å². The van der Waals surface area contributed by atoms with Gasteiger partial charge < -0.3 is 15.3 Å². The van der Waals surface area contributed by atoms with E-state index in [4.69, 9.17) is 0 Å². The number of piperidine rings is 1. The summed E-state index contributed by atoms with van der Waals surface area (Å²) < 4.78 is 0. The van der Waals surface area contributed by atoms with Crippen LogP contribution in [0.2, 0.25) is 0 Å². The fraction of sp³-hybridized carbons (Fsp3) is 1.00. The smallest absolute Gasteiger partial charge is 0.0774 e. The molecule has 0 aromatic rings. The van der Waals surface area contributed by atoms with Gasteiger partial charge in [-0.15, -0.1) is 0 Å². The molecule has 3 fully saturated rings. The average molecular weight is 266 g/mol. The summed E-state index contributed by atoms with van der Waals surface area (Å²) in [6.07, 6.45) is 11.2. The van der Waals surface area contributed by atoms with Gasteiger partial charge in [-0.2, -0.15) is 0 Å². The molecule has 2 heterocycles. The SMILES string of the molecule is OC1(CN2CCC(C3CCCN3)CC2)CCCCC1. The van der Waals surface area contributed by atoms with Gasteiger partial charge in [0.05, 0.1) is 5.60 Å². The molecule has 0 bridgehead atoms. The molecule has 0 spiro atoms. The largest absolute Gasteiger partial charge is 0.389 e. The van der Waals surface area contributed by atoms with Gasteiger partial charge in [-0.25, -0.2) is 0 Å². The molecule has 0 radical (unpaired) electrons. The molecule has 3 aliphatic rings. The lowest BCUT2D eigenvalue weighted by molar-refractivity contribution is -0.0335. The van der Waals surface area contributed by atoms with Crippen LogP contribution in [0.5, 0.6) is 0 Å². The molecule has 110 valence electrons. The molecule has 19 heavy (non-hydrogen) atoms. The molecule has 1 unspecified atom stereocenters. The normalized spacial score (nSPS) is 33.6. The molecule has 1 atom stereocenters. The Bertz CT molecular complexity index is 274. The van der Waals surface area contributed by atoms with E-state index in [1.807, 2.05) is 0 Å². The Hall–Kier alpha value is -0.120. The number of β-amino-alcohol motifs (C(OH)–C–C–N with tert-alkyl or cyclic N) is 1. The van der Waals surface area contributed by atoms with Gasteiger partial charge in [0.2, 0.25) is 0 Å². The quantitative estimate of drug-likeness (QED) is 0.821. The van der Waals surface area contributed by atoms with E-state index in [0.717, 1.165) is 31.3 Å². The summed E-state index contributed by atoms with van der Waals surface area (Å²) in [6.45, 7) is 4.55. The fourth-order valence-electron chi connectivity index (χ4n) is 4.41. The van der Waals surface area contributed by atoms with E-state index in [0.29, 0.717) is 0 Å². The lowest BCUT2D eigenvalue weighted by Crippen LogP contribution is -2.48. The van der Waals surface area contributed by atoms with E-state index in [1.165, 1.54) is 64.6 Å². The Morgan fingerprint density at radius 1 is 1.00 bits per heavy atom. The van der Waals surface area contributed by atoms with Crippen LogP contribution in [-0.2, 0) is 0 Å². The standard InChI is InChI=1S/C16H30N2O/c19-16(8-2-1-3-9-16)13-18-11-6-14(7-12-18)15-5-4-10-17-15/h14-15,17,19H,1-13H2. The van der Waals surface area contributed by atoms with Crippen LogP contribution in [0.1, 0.15) is 57.8 Å². The molecule has 2 N–H and O–H groups in total. The van der Waals surface area contributed by atoms with Crippen LogP contribution in [0.4, 0.5) is 0 Å². The zero-order valence-electron chi connectivity index (χ0n) is 12.2. The molecule has 1 saturated carbocycles. The van der Waals surface area contributed by atoms with Crippen molar-refractivity contribution < 1.29 is 5.11 Å². The fourth-order valence-corrected chi connectivity index (χ4v) is 4.41. The second-order valence-electron chi connectivity index (χ2n) is 7.10. The lowest BCUT2D eigenvalue weighted by atomic mass is 9.83. The second kappa shape index (κ2) is 6.11. The number of hydrogen-bond acceptors (Lipinski definition) is 3. The van der Waals surface area contributed by atoms with Gasteiger partial charge in [0.1, 0.15) is 0 Å². The molecule has 0 amide bonds. The second-order valence-corrected chi connectivity index (χ2v) is 7.10. The topological polar surface area (TPSA) is 35.5 Å². The highest BCUT2D eigenvalue weighted by Crippen LogP contribution is 2.31. The molecule has 1 aliphatic carbocycles. The maximum absolute atomic E-state index is 10.6. The van der Waals surface area contributed by atoms with E-state index in [2.05, 4.69) is 10.2 Å². The molecular weight excluding hydrogens is 236 g/mol. The number of nitrogens with one attached hydrogen (secondary N) is 1. The van der Waals surface area contributed by atoms with E-state index in [-0.39, 0.29) is 5.60 Å². The van der Waals surface area contributed by atoms with Crippen LogP contribution in [0.3, 0.4) is 0 Å². The maximum atomic E-state index is 10.6. The first kappa shape index (κ1) is 13.8. The van der Waals surface area contributed by atoms with Gasteiger partial charge in [0, 0.05) is 12.6 Å². The average Bonchev–Trinajstić information content (AvgIpc) is 2.94. The Labute approximate surface area is 117 Å². The van der Waals surface area contributed by atoms with Crippen molar-refractivity contribution in [1.82, 2.24) is 10.2 Å². The van der Waals surface area contributed by atoms with Gasteiger partial charge in [0.25, 0.3) is 0 Å². The summed E-state index contributed by atoms with van der Waals surface area (Å²) in [5.41, 5.74) is -0.364. The minimum absolute atomic E-state index is 0.364. The molecule has 3 rings (SSSR count). The molecular formula is C16H30N2O. The van der Waals surface area contributed by atoms with Crippen LogP contribution in [0.15, 0.2) is 0 Å². The minimum Gasteiger partial charge on any atom is -0.389 e. The van der Waals surface area contributed by atoms with Gasteiger partial charge in [-0.3, -0.25) is 0 Å². The van der Waals surface area contributed by atoms with Crippen LogP contribution >= 0.6 is 0 Å². The number of rotatable bonds is 3. The summed E-state index contributed by atoms with van der Waals surface area (Å²) in [7, 11) is 0. The van der Waals surface area contributed by atoms with Gasteiger partial charge >= 0.3 is 0 Å². The van der Waals surface area contributed by atoms with Crippen molar-refractivity contribution in [2.24, 2.45) is 5.92 Å². The third-order valence-corrected chi connectivity index (χ3v) is 5.60. The van der Waals surface area contributed by atoms with Crippen LogP contribution in [0, 0.1) is 5.92 Å². The highest BCUT2D eigenvalue weighted by atomic mass is 16.3. The predicted octanol–water partition coefficient (Wildman–Crippen LogP) is 2.15. The summed E-state index contributed by atoms with van der Waals surface area (Å²) >= 11 is 0. The van der Waals surface area contributed by atoms with E-state index in [1.54, 1.807) is 0 Å². The molecule has 2 saturated heterocycles. The number of likely N-dealkylation sites (tertiary alicyclic amines) is 1. The third-order valence-electron chi connectivity index (χ3n) is 5.60. The first-order valence-electron chi connectivity index (χ1n) is 8.43. The molecule has 2 aliphatic heterocycles. The third kappa shape index (κ3) is 3.50. The van der Waals surface area contributed by atoms with Crippen molar-refractivity contribution in [1.29, 1.82) is 0 Å².